The van der Waals surface area contributed by atoms with Crippen molar-refractivity contribution in [3.63, 3.8) is 0 Å². The summed E-state index contributed by atoms with van der Waals surface area (Å²) in [6.45, 7) is 0.661. The highest BCUT2D eigenvalue weighted by molar-refractivity contribution is 5.33. The fourth-order valence-electron chi connectivity index (χ4n) is 1.79. The molecule has 1 aliphatic rings. The van der Waals surface area contributed by atoms with Crippen molar-refractivity contribution in [1.29, 1.82) is 0 Å². The van der Waals surface area contributed by atoms with E-state index >= 15 is 0 Å². The van der Waals surface area contributed by atoms with Crippen LogP contribution in [0.3, 0.4) is 0 Å². The van der Waals surface area contributed by atoms with E-state index in [4.69, 9.17) is 0 Å². The standard InChI is InChI=1S/C13H13F2N3/c14-9-1-4-12(15)13(7-9)18-6-5-11(17-18)8-16-10-2-3-10/h1,4-7,10,16H,2-3,8H2. The molecule has 3 rings (SSSR count). The average Bonchev–Trinajstić information content (AvgIpc) is 3.08. The van der Waals surface area contributed by atoms with E-state index in [0.717, 1.165) is 23.9 Å². The van der Waals surface area contributed by atoms with Crippen molar-refractivity contribution in [3.05, 3.63) is 47.8 Å². The topological polar surface area (TPSA) is 29.9 Å². The average molecular weight is 249 g/mol. The molecule has 0 bridgehead atoms. The molecule has 1 saturated carbocycles. The lowest BCUT2D eigenvalue weighted by Gasteiger charge is -2.03. The van der Waals surface area contributed by atoms with Gasteiger partial charge < -0.3 is 5.32 Å². The predicted octanol–water partition coefficient (Wildman–Crippen LogP) is 2.40. The zero-order chi connectivity index (χ0) is 12.5. The largest absolute Gasteiger partial charge is 0.308 e. The Balaban J connectivity index is 1.80. The number of benzene rings is 1. The monoisotopic (exact) mass is 249 g/mol. The molecule has 1 aliphatic carbocycles. The van der Waals surface area contributed by atoms with E-state index in [1.165, 1.54) is 17.5 Å². The van der Waals surface area contributed by atoms with Crippen LogP contribution in [0.4, 0.5) is 8.78 Å². The third-order valence-electron chi connectivity index (χ3n) is 2.95. The van der Waals surface area contributed by atoms with Gasteiger partial charge in [-0.25, -0.2) is 13.5 Å². The van der Waals surface area contributed by atoms with Crippen molar-refractivity contribution in [2.24, 2.45) is 0 Å². The van der Waals surface area contributed by atoms with Gasteiger partial charge in [0, 0.05) is 24.8 Å². The summed E-state index contributed by atoms with van der Waals surface area (Å²) < 4.78 is 28.0. The normalized spacial score (nSPS) is 15.0. The van der Waals surface area contributed by atoms with Crippen LogP contribution < -0.4 is 5.32 Å². The third-order valence-corrected chi connectivity index (χ3v) is 2.95. The summed E-state index contributed by atoms with van der Waals surface area (Å²) in [5.74, 6) is -0.958. The molecular weight excluding hydrogens is 236 g/mol. The molecule has 0 spiro atoms. The van der Waals surface area contributed by atoms with E-state index in [-0.39, 0.29) is 5.69 Å². The van der Waals surface area contributed by atoms with Gasteiger partial charge in [-0.2, -0.15) is 5.10 Å². The maximum atomic E-state index is 13.5. The number of hydrogen-bond acceptors (Lipinski definition) is 2. The summed E-state index contributed by atoms with van der Waals surface area (Å²) >= 11 is 0. The molecule has 1 aromatic heterocycles. The van der Waals surface area contributed by atoms with Gasteiger partial charge in [-0.15, -0.1) is 0 Å². The molecule has 0 amide bonds. The van der Waals surface area contributed by atoms with Gasteiger partial charge in [0.15, 0.2) is 0 Å². The van der Waals surface area contributed by atoms with Gasteiger partial charge in [0.25, 0.3) is 0 Å². The summed E-state index contributed by atoms with van der Waals surface area (Å²) in [5, 5.41) is 7.55. The molecule has 0 atom stereocenters. The Bertz CT molecular complexity index is 561. The highest BCUT2D eigenvalue weighted by Gasteiger charge is 2.20. The van der Waals surface area contributed by atoms with Crippen LogP contribution >= 0.6 is 0 Å². The first-order valence-electron chi connectivity index (χ1n) is 5.96. The Morgan fingerprint density at radius 2 is 2.11 bits per heavy atom. The molecule has 1 heterocycles. The molecule has 1 N–H and O–H groups in total. The number of hydrogen-bond donors (Lipinski definition) is 1. The second kappa shape index (κ2) is 4.49. The molecule has 0 unspecified atom stereocenters. The zero-order valence-corrected chi connectivity index (χ0v) is 9.74. The fourth-order valence-corrected chi connectivity index (χ4v) is 1.79. The minimum atomic E-state index is -0.485. The maximum absolute atomic E-state index is 13.5. The second-order valence-electron chi connectivity index (χ2n) is 4.50. The van der Waals surface area contributed by atoms with E-state index in [9.17, 15) is 8.78 Å². The van der Waals surface area contributed by atoms with Crippen LogP contribution in [0.2, 0.25) is 0 Å². The smallest absolute Gasteiger partial charge is 0.149 e. The Morgan fingerprint density at radius 3 is 2.89 bits per heavy atom. The van der Waals surface area contributed by atoms with Crippen LogP contribution in [0.15, 0.2) is 30.5 Å². The molecule has 1 fully saturated rings. The summed E-state index contributed by atoms with van der Waals surface area (Å²) in [4.78, 5) is 0. The number of rotatable bonds is 4. The summed E-state index contributed by atoms with van der Waals surface area (Å²) in [6, 6.07) is 5.74. The van der Waals surface area contributed by atoms with Crippen LogP contribution in [0.5, 0.6) is 0 Å². The highest BCUT2D eigenvalue weighted by atomic mass is 19.1. The Morgan fingerprint density at radius 1 is 1.28 bits per heavy atom. The van der Waals surface area contributed by atoms with Gasteiger partial charge in [-0.3, -0.25) is 0 Å². The number of nitrogens with one attached hydrogen (secondary N) is 1. The fraction of sp³-hybridized carbons (Fsp3) is 0.308. The SMILES string of the molecule is Fc1ccc(F)c(-n2ccc(CNC3CC3)n2)c1. The minimum absolute atomic E-state index is 0.132. The molecule has 0 radical (unpaired) electrons. The van der Waals surface area contributed by atoms with E-state index in [2.05, 4.69) is 10.4 Å². The van der Waals surface area contributed by atoms with Gasteiger partial charge in [0.05, 0.1) is 5.69 Å². The van der Waals surface area contributed by atoms with E-state index in [1.54, 1.807) is 12.3 Å². The van der Waals surface area contributed by atoms with Crippen LogP contribution in [0, 0.1) is 11.6 Å². The third kappa shape index (κ3) is 2.41. The molecule has 3 nitrogen and oxygen atoms in total. The Hall–Kier alpha value is -1.75. The summed E-state index contributed by atoms with van der Waals surface area (Å²) in [7, 11) is 0. The van der Waals surface area contributed by atoms with Gasteiger partial charge in [-0.1, -0.05) is 0 Å². The van der Waals surface area contributed by atoms with Gasteiger partial charge in [-0.05, 0) is 31.0 Å². The van der Waals surface area contributed by atoms with Crippen molar-refractivity contribution >= 4 is 0 Å². The summed E-state index contributed by atoms with van der Waals surface area (Å²) in [5.41, 5.74) is 0.957. The first kappa shape index (κ1) is 11.3. The first-order chi connectivity index (χ1) is 8.72. The lowest BCUT2D eigenvalue weighted by Crippen LogP contribution is -2.15. The summed E-state index contributed by atoms with van der Waals surface area (Å²) in [6.07, 6.45) is 4.06. The van der Waals surface area contributed by atoms with Crippen molar-refractivity contribution in [3.8, 4) is 5.69 Å². The van der Waals surface area contributed by atoms with Crippen LogP contribution in [0.1, 0.15) is 18.5 Å². The quantitative estimate of drug-likeness (QED) is 0.901. The van der Waals surface area contributed by atoms with E-state index < -0.39 is 11.6 Å². The lowest BCUT2D eigenvalue weighted by atomic mass is 10.3. The Kier molecular flexibility index (Phi) is 2.83. The molecule has 0 saturated heterocycles. The number of aromatic nitrogens is 2. The second-order valence-corrected chi connectivity index (χ2v) is 4.50. The molecule has 94 valence electrons. The number of halogens is 2. The van der Waals surface area contributed by atoms with Crippen LogP contribution in [-0.2, 0) is 6.54 Å². The molecule has 1 aromatic carbocycles. The van der Waals surface area contributed by atoms with Crippen LogP contribution in [0.25, 0.3) is 5.69 Å². The van der Waals surface area contributed by atoms with Gasteiger partial charge >= 0.3 is 0 Å². The number of nitrogens with zero attached hydrogens (tertiary/aromatic N) is 2. The highest BCUT2D eigenvalue weighted by Crippen LogP contribution is 2.19. The van der Waals surface area contributed by atoms with Gasteiger partial charge in [0.1, 0.15) is 17.3 Å². The predicted molar refractivity (Wildman–Crippen MR) is 63.3 cm³/mol. The minimum Gasteiger partial charge on any atom is -0.308 e. The Labute approximate surface area is 103 Å². The van der Waals surface area contributed by atoms with E-state index in [0.29, 0.717) is 12.6 Å². The zero-order valence-electron chi connectivity index (χ0n) is 9.74. The van der Waals surface area contributed by atoms with Crippen LogP contribution in [-0.4, -0.2) is 15.8 Å². The first-order valence-corrected chi connectivity index (χ1v) is 5.96. The lowest BCUT2D eigenvalue weighted by molar-refractivity contribution is 0.584. The van der Waals surface area contributed by atoms with Gasteiger partial charge in [0.2, 0.25) is 0 Å². The molecule has 18 heavy (non-hydrogen) atoms. The van der Waals surface area contributed by atoms with Crippen molar-refractivity contribution in [2.45, 2.75) is 25.4 Å². The maximum Gasteiger partial charge on any atom is 0.149 e. The molecule has 0 aliphatic heterocycles. The molecule has 5 heteroatoms. The molecular formula is C13H13F2N3. The molecule has 2 aromatic rings. The van der Waals surface area contributed by atoms with Crippen molar-refractivity contribution in [2.75, 3.05) is 0 Å². The van der Waals surface area contributed by atoms with E-state index in [1.807, 2.05) is 0 Å². The van der Waals surface area contributed by atoms with Crippen molar-refractivity contribution in [1.82, 2.24) is 15.1 Å². The van der Waals surface area contributed by atoms with Crippen molar-refractivity contribution < 1.29 is 8.78 Å².